The van der Waals surface area contributed by atoms with Crippen molar-refractivity contribution in [1.82, 2.24) is 20.2 Å². The molecule has 0 saturated carbocycles. The van der Waals surface area contributed by atoms with Crippen molar-refractivity contribution in [2.45, 2.75) is 26.4 Å². The molecular formula is C20H22N4O2. The maximum Gasteiger partial charge on any atom is 0.251 e. The predicted octanol–water partition coefficient (Wildman–Crippen LogP) is 2.66. The first-order valence-electron chi connectivity index (χ1n) is 8.68. The molecule has 0 bridgehead atoms. The minimum absolute atomic E-state index is 0.0847. The molecule has 0 fully saturated rings. The van der Waals surface area contributed by atoms with Crippen molar-refractivity contribution >= 4 is 22.8 Å². The molecule has 26 heavy (non-hydrogen) atoms. The third-order valence-corrected chi connectivity index (χ3v) is 4.13. The molecule has 0 aliphatic heterocycles. The van der Waals surface area contributed by atoms with E-state index in [9.17, 15) is 9.59 Å². The maximum atomic E-state index is 12.5. The number of hydrogen-bond donors (Lipinski definition) is 2. The van der Waals surface area contributed by atoms with E-state index in [1.54, 1.807) is 12.1 Å². The lowest BCUT2D eigenvalue weighted by molar-refractivity contribution is -0.121. The summed E-state index contributed by atoms with van der Waals surface area (Å²) in [7, 11) is 0. The van der Waals surface area contributed by atoms with E-state index in [1.807, 2.05) is 60.9 Å². The Kier molecular flexibility index (Phi) is 5.31. The van der Waals surface area contributed by atoms with Gasteiger partial charge in [0.05, 0.1) is 17.1 Å². The Morgan fingerprint density at radius 2 is 1.77 bits per heavy atom. The monoisotopic (exact) mass is 350 g/mol. The van der Waals surface area contributed by atoms with Crippen LogP contribution in [-0.2, 0) is 11.3 Å². The third-order valence-electron chi connectivity index (χ3n) is 4.13. The summed E-state index contributed by atoms with van der Waals surface area (Å²) in [6, 6.07) is 16.3. The first-order valence-corrected chi connectivity index (χ1v) is 8.68. The van der Waals surface area contributed by atoms with Crippen molar-refractivity contribution in [3.05, 3.63) is 66.0 Å². The number of fused-ring (bicyclic) bond motifs is 1. The summed E-state index contributed by atoms with van der Waals surface area (Å²) in [4.78, 5) is 29.2. The lowest BCUT2D eigenvalue weighted by Gasteiger charge is -2.16. The normalized spacial score (nSPS) is 11.9. The van der Waals surface area contributed by atoms with Gasteiger partial charge in [-0.2, -0.15) is 0 Å². The molecular weight excluding hydrogens is 328 g/mol. The van der Waals surface area contributed by atoms with Gasteiger partial charge in [-0.3, -0.25) is 9.59 Å². The summed E-state index contributed by atoms with van der Waals surface area (Å²) in [5.74, 6) is 0.398. The number of hydrogen-bond acceptors (Lipinski definition) is 3. The van der Waals surface area contributed by atoms with Crippen molar-refractivity contribution in [3.63, 3.8) is 0 Å². The SMILES string of the molecule is CCNC(=O)Cn1c(C(C)NC(=O)c2ccccc2)nc2ccccc21. The van der Waals surface area contributed by atoms with Gasteiger partial charge in [0.1, 0.15) is 12.4 Å². The fourth-order valence-electron chi connectivity index (χ4n) is 2.92. The van der Waals surface area contributed by atoms with Gasteiger partial charge in [0, 0.05) is 12.1 Å². The second kappa shape index (κ2) is 7.82. The zero-order valence-corrected chi connectivity index (χ0v) is 14.9. The van der Waals surface area contributed by atoms with Gasteiger partial charge < -0.3 is 15.2 Å². The molecule has 1 aromatic heterocycles. The van der Waals surface area contributed by atoms with E-state index in [4.69, 9.17) is 0 Å². The number of nitrogens with one attached hydrogen (secondary N) is 2. The van der Waals surface area contributed by atoms with E-state index >= 15 is 0 Å². The minimum atomic E-state index is -0.343. The van der Waals surface area contributed by atoms with Crippen LogP contribution in [0, 0.1) is 0 Å². The molecule has 6 nitrogen and oxygen atoms in total. The van der Waals surface area contributed by atoms with E-state index < -0.39 is 0 Å². The van der Waals surface area contributed by atoms with E-state index in [0.29, 0.717) is 17.9 Å². The largest absolute Gasteiger partial charge is 0.355 e. The Labute approximate surface area is 152 Å². The van der Waals surface area contributed by atoms with Crippen LogP contribution in [0.2, 0.25) is 0 Å². The third kappa shape index (κ3) is 3.74. The average Bonchev–Trinajstić information content (AvgIpc) is 3.01. The maximum absolute atomic E-state index is 12.5. The number of nitrogens with zero attached hydrogens (tertiary/aromatic N) is 2. The first-order chi connectivity index (χ1) is 12.6. The van der Waals surface area contributed by atoms with Crippen molar-refractivity contribution in [3.8, 4) is 0 Å². The summed E-state index contributed by atoms with van der Waals surface area (Å²) in [6.45, 7) is 4.49. The topological polar surface area (TPSA) is 76.0 Å². The predicted molar refractivity (Wildman–Crippen MR) is 101 cm³/mol. The molecule has 2 amide bonds. The van der Waals surface area contributed by atoms with E-state index in [1.165, 1.54) is 0 Å². The molecule has 0 aliphatic carbocycles. The average molecular weight is 350 g/mol. The van der Waals surface area contributed by atoms with Crippen molar-refractivity contribution in [1.29, 1.82) is 0 Å². The Morgan fingerprint density at radius 3 is 2.50 bits per heavy atom. The van der Waals surface area contributed by atoms with Gasteiger partial charge in [-0.15, -0.1) is 0 Å². The fraction of sp³-hybridized carbons (Fsp3) is 0.250. The second-order valence-electron chi connectivity index (χ2n) is 6.06. The van der Waals surface area contributed by atoms with Crippen LogP contribution in [0.3, 0.4) is 0 Å². The van der Waals surface area contributed by atoms with Gasteiger partial charge in [-0.25, -0.2) is 4.98 Å². The number of amides is 2. The van der Waals surface area contributed by atoms with Gasteiger partial charge in [0.25, 0.3) is 5.91 Å². The number of carbonyl (C=O) groups is 2. The molecule has 3 aromatic rings. The molecule has 134 valence electrons. The van der Waals surface area contributed by atoms with Crippen LogP contribution in [0.4, 0.5) is 0 Å². The minimum Gasteiger partial charge on any atom is -0.355 e. The molecule has 1 atom stereocenters. The molecule has 6 heteroatoms. The molecule has 2 N–H and O–H groups in total. The van der Waals surface area contributed by atoms with Crippen LogP contribution in [0.25, 0.3) is 11.0 Å². The number of imidazole rings is 1. The smallest absolute Gasteiger partial charge is 0.251 e. The Balaban J connectivity index is 1.90. The summed E-state index contributed by atoms with van der Waals surface area (Å²) in [6.07, 6.45) is 0. The number of aromatic nitrogens is 2. The van der Waals surface area contributed by atoms with Crippen LogP contribution in [0.5, 0.6) is 0 Å². The lowest BCUT2D eigenvalue weighted by Crippen LogP contribution is -2.31. The molecule has 2 aromatic carbocycles. The zero-order chi connectivity index (χ0) is 18.5. The Hall–Kier alpha value is -3.15. The van der Waals surface area contributed by atoms with Crippen LogP contribution in [0.15, 0.2) is 54.6 Å². The Morgan fingerprint density at radius 1 is 1.08 bits per heavy atom. The summed E-state index contributed by atoms with van der Waals surface area (Å²) in [5, 5.41) is 5.77. The highest BCUT2D eigenvalue weighted by Gasteiger charge is 2.20. The molecule has 0 spiro atoms. The van der Waals surface area contributed by atoms with E-state index in [0.717, 1.165) is 11.0 Å². The van der Waals surface area contributed by atoms with Crippen molar-refractivity contribution < 1.29 is 9.59 Å². The molecule has 0 radical (unpaired) electrons. The number of rotatable bonds is 6. The highest BCUT2D eigenvalue weighted by atomic mass is 16.2. The van der Waals surface area contributed by atoms with Crippen molar-refractivity contribution in [2.24, 2.45) is 0 Å². The van der Waals surface area contributed by atoms with Gasteiger partial charge in [0.15, 0.2) is 0 Å². The lowest BCUT2D eigenvalue weighted by atomic mass is 10.2. The second-order valence-corrected chi connectivity index (χ2v) is 6.06. The van der Waals surface area contributed by atoms with Crippen molar-refractivity contribution in [2.75, 3.05) is 6.54 Å². The zero-order valence-electron chi connectivity index (χ0n) is 14.9. The highest BCUT2D eigenvalue weighted by Crippen LogP contribution is 2.21. The fourth-order valence-corrected chi connectivity index (χ4v) is 2.92. The van der Waals surface area contributed by atoms with E-state index in [-0.39, 0.29) is 24.4 Å². The molecule has 0 saturated heterocycles. The number of carbonyl (C=O) groups excluding carboxylic acids is 2. The molecule has 1 heterocycles. The first kappa shape index (κ1) is 17.7. The molecule has 0 aliphatic rings. The highest BCUT2D eigenvalue weighted by molar-refractivity contribution is 5.94. The summed E-state index contributed by atoms with van der Waals surface area (Å²) < 4.78 is 1.86. The van der Waals surface area contributed by atoms with Gasteiger partial charge in [0.2, 0.25) is 5.91 Å². The van der Waals surface area contributed by atoms with Gasteiger partial charge in [-0.1, -0.05) is 30.3 Å². The quantitative estimate of drug-likeness (QED) is 0.718. The van der Waals surface area contributed by atoms with Gasteiger partial charge in [-0.05, 0) is 38.1 Å². The van der Waals surface area contributed by atoms with Crippen LogP contribution >= 0.6 is 0 Å². The number of benzene rings is 2. The molecule has 3 rings (SSSR count). The van der Waals surface area contributed by atoms with E-state index in [2.05, 4.69) is 15.6 Å². The van der Waals surface area contributed by atoms with Crippen LogP contribution in [-0.4, -0.2) is 27.9 Å². The van der Waals surface area contributed by atoms with Crippen LogP contribution < -0.4 is 10.6 Å². The van der Waals surface area contributed by atoms with Crippen LogP contribution in [0.1, 0.15) is 36.1 Å². The molecule has 1 unspecified atom stereocenters. The number of likely N-dealkylation sites (N-methyl/N-ethyl adjacent to an activating group) is 1. The summed E-state index contributed by atoms with van der Waals surface area (Å²) in [5.41, 5.74) is 2.26. The van der Waals surface area contributed by atoms with Gasteiger partial charge >= 0.3 is 0 Å². The summed E-state index contributed by atoms with van der Waals surface area (Å²) >= 11 is 0. The Bertz CT molecular complexity index is 918. The standard InChI is InChI=1S/C20H22N4O2/c1-3-21-18(25)13-24-17-12-8-7-11-16(17)23-19(24)14(2)22-20(26)15-9-5-4-6-10-15/h4-12,14H,3,13H2,1-2H3,(H,21,25)(H,22,26). The number of para-hydroxylation sites is 2.